The number of hydrogen-bond acceptors (Lipinski definition) is 5. The molecule has 1 amide bonds. The topological polar surface area (TPSA) is 94.7 Å². The number of nitrogens with zero attached hydrogens (tertiary/aromatic N) is 2. The highest BCUT2D eigenvalue weighted by Gasteiger charge is 2.02. The van der Waals surface area contributed by atoms with Crippen molar-refractivity contribution < 1.29 is 14.7 Å². The van der Waals surface area contributed by atoms with Gasteiger partial charge >= 0.3 is 0 Å². The van der Waals surface area contributed by atoms with E-state index in [0.29, 0.717) is 17.9 Å². The molecule has 0 fully saturated rings. The van der Waals surface area contributed by atoms with Crippen LogP contribution >= 0.6 is 0 Å². The Morgan fingerprint density at radius 2 is 2.16 bits per heavy atom. The van der Waals surface area contributed by atoms with Crippen LogP contribution in [-0.2, 0) is 11.2 Å². The molecule has 0 aromatic heterocycles. The second kappa shape index (κ2) is 7.71. The molecule has 0 aliphatic rings. The summed E-state index contributed by atoms with van der Waals surface area (Å²) in [7, 11) is 0. The number of nitrogens with one attached hydrogen (secondary N) is 1. The molecule has 2 N–H and O–H groups in total. The number of hydrogen-bond donors (Lipinski definition) is 2. The van der Waals surface area contributed by atoms with Crippen LogP contribution in [0.5, 0.6) is 5.75 Å². The van der Waals surface area contributed by atoms with Crippen molar-refractivity contribution >= 4 is 11.6 Å². The Hall–Kier alpha value is -2.55. The summed E-state index contributed by atoms with van der Waals surface area (Å²) >= 11 is 0. The van der Waals surface area contributed by atoms with Crippen molar-refractivity contribution in [2.24, 2.45) is 5.16 Å². The van der Waals surface area contributed by atoms with E-state index < -0.39 is 0 Å². The molecule has 0 spiro atoms. The Kier molecular flexibility index (Phi) is 5.89. The summed E-state index contributed by atoms with van der Waals surface area (Å²) in [6.45, 7) is 1.57. The zero-order chi connectivity index (χ0) is 14.1. The fourth-order valence-electron chi connectivity index (χ4n) is 1.37. The first kappa shape index (κ1) is 14.5. The molecular weight excluding hydrogens is 246 g/mol. The number of oxime groups is 1. The van der Waals surface area contributed by atoms with Gasteiger partial charge in [0.2, 0.25) is 0 Å². The first-order valence-corrected chi connectivity index (χ1v) is 5.68. The van der Waals surface area contributed by atoms with Crippen LogP contribution in [0.2, 0.25) is 0 Å². The third-order valence-electron chi connectivity index (χ3n) is 2.29. The van der Waals surface area contributed by atoms with Crippen LogP contribution in [0.1, 0.15) is 12.5 Å². The Balaban J connectivity index is 2.44. The van der Waals surface area contributed by atoms with Crippen LogP contribution in [0.4, 0.5) is 0 Å². The Morgan fingerprint density at radius 1 is 1.47 bits per heavy atom. The van der Waals surface area contributed by atoms with Crippen molar-refractivity contribution in [1.82, 2.24) is 5.32 Å². The van der Waals surface area contributed by atoms with E-state index in [9.17, 15) is 4.79 Å². The standard InChI is InChI=1S/C13H15N3O3/c1-10(16-18)8-11-2-4-12(5-3-11)19-9-13(17)15-7-6-14/h2-5,18H,7-9H2,1H3,(H,15,17)/b16-10-. The molecule has 0 unspecified atom stereocenters. The largest absolute Gasteiger partial charge is 0.484 e. The van der Waals surface area contributed by atoms with Gasteiger partial charge < -0.3 is 15.3 Å². The first-order valence-electron chi connectivity index (χ1n) is 5.68. The molecule has 19 heavy (non-hydrogen) atoms. The van der Waals surface area contributed by atoms with E-state index in [2.05, 4.69) is 10.5 Å². The Labute approximate surface area is 111 Å². The molecular formula is C13H15N3O3. The van der Waals surface area contributed by atoms with Gasteiger partial charge in [0.25, 0.3) is 5.91 Å². The van der Waals surface area contributed by atoms with Gasteiger partial charge in [0.05, 0.1) is 11.8 Å². The predicted octanol–water partition coefficient (Wildman–Crippen LogP) is 1.10. The van der Waals surface area contributed by atoms with Crippen molar-refractivity contribution in [2.45, 2.75) is 13.3 Å². The molecule has 100 valence electrons. The third-order valence-corrected chi connectivity index (χ3v) is 2.29. The molecule has 1 aromatic carbocycles. The van der Waals surface area contributed by atoms with Crippen molar-refractivity contribution in [3.05, 3.63) is 29.8 Å². The molecule has 0 aliphatic carbocycles. The number of carbonyl (C=O) groups excluding carboxylic acids is 1. The van der Waals surface area contributed by atoms with Gasteiger partial charge in [0, 0.05) is 6.42 Å². The minimum Gasteiger partial charge on any atom is -0.484 e. The molecule has 0 saturated carbocycles. The minimum absolute atomic E-state index is 0.0269. The number of rotatable bonds is 6. The van der Waals surface area contributed by atoms with Gasteiger partial charge in [-0.15, -0.1) is 0 Å². The van der Waals surface area contributed by atoms with E-state index in [1.54, 1.807) is 19.1 Å². The van der Waals surface area contributed by atoms with E-state index in [1.807, 2.05) is 18.2 Å². The summed E-state index contributed by atoms with van der Waals surface area (Å²) in [5.74, 6) is 0.225. The van der Waals surface area contributed by atoms with E-state index in [0.717, 1.165) is 5.56 Å². The number of nitriles is 1. The minimum atomic E-state index is -0.339. The summed E-state index contributed by atoms with van der Waals surface area (Å²) in [5.41, 5.74) is 1.60. The van der Waals surface area contributed by atoms with E-state index in [4.69, 9.17) is 15.2 Å². The van der Waals surface area contributed by atoms with Crippen LogP contribution in [-0.4, -0.2) is 30.0 Å². The molecule has 0 radical (unpaired) electrons. The maximum absolute atomic E-state index is 11.2. The summed E-state index contributed by atoms with van der Waals surface area (Å²) in [5, 5.41) is 22.3. The SMILES string of the molecule is C/C(Cc1ccc(OCC(=O)NCC#N)cc1)=N/O. The van der Waals surface area contributed by atoms with E-state index >= 15 is 0 Å². The lowest BCUT2D eigenvalue weighted by Crippen LogP contribution is -2.28. The van der Waals surface area contributed by atoms with Crippen LogP contribution < -0.4 is 10.1 Å². The summed E-state index contributed by atoms with van der Waals surface area (Å²) < 4.78 is 5.25. The van der Waals surface area contributed by atoms with Gasteiger partial charge in [-0.3, -0.25) is 4.79 Å². The molecule has 0 bridgehead atoms. The maximum Gasteiger partial charge on any atom is 0.258 e. The molecule has 0 saturated heterocycles. The lowest BCUT2D eigenvalue weighted by Gasteiger charge is -2.06. The molecule has 0 atom stereocenters. The van der Waals surface area contributed by atoms with Crippen molar-refractivity contribution in [2.75, 3.05) is 13.2 Å². The quantitative estimate of drug-likeness (QED) is 0.347. The van der Waals surface area contributed by atoms with Gasteiger partial charge in [-0.1, -0.05) is 17.3 Å². The van der Waals surface area contributed by atoms with Gasteiger partial charge in [0.15, 0.2) is 6.61 Å². The Bertz CT molecular complexity index is 489. The van der Waals surface area contributed by atoms with Crippen LogP contribution in [0, 0.1) is 11.3 Å². The normalized spacial score (nSPS) is 10.6. The fourth-order valence-corrected chi connectivity index (χ4v) is 1.37. The number of amides is 1. The van der Waals surface area contributed by atoms with Crippen LogP contribution in [0.15, 0.2) is 29.4 Å². The molecule has 0 aliphatic heterocycles. The van der Waals surface area contributed by atoms with Gasteiger partial charge in [-0.25, -0.2) is 0 Å². The summed E-state index contributed by atoms with van der Waals surface area (Å²) in [6.07, 6.45) is 0.555. The fraction of sp³-hybridized carbons (Fsp3) is 0.308. The third kappa shape index (κ3) is 5.55. The van der Waals surface area contributed by atoms with Crippen molar-refractivity contribution in [3.8, 4) is 11.8 Å². The van der Waals surface area contributed by atoms with Gasteiger partial charge in [-0.2, -0.15) is 5.26 Å². The monoisotopic (exact) mass is 261 g/mol. The smallest absolute Gasteiger partial charge is 0.258 e. The maximum atomic E-state index is 11.2. The first-order chi connectivity index (χ1) is 9.15. The second-order valence-corrected chi connectivity index (χ2v) is 3.88. The van der Waals surface area contributed by atoms with Crippen LogP contribution in [0.25, 0.3) is 0 Å². The highest BCUT2D eigenvalue weighted by Crippen LogP contribution is 2.12. The number of carbonyl (C=O) groups is 1. The summed E-state index contributed by atoms with van der Waals surface area (Å²) in [6, 6.07) is 8.94. The van der Waals surface area contributed by atoms with E-state index in [1.165, 1.54) is 0 Å². The zero-order valence-corrected chi connectivity index (χ0v) is 10.6. The van der Waals surface area contributed by atoms with Gasteiger partial charge in [0.1, 0.15) is 12.3 Å². The predicted molar refractivity (Wildman–Crippen MR) is 69.2 cm³/mol. The van der Waals surface area contributed by atoms with Crippen molar-refractivity contribution in [1.29, 1.82) is 5.26 Å². The average Bonchev–Trinajstić information content (AvgIpc) is 2.44. The van der Waals surface area contributed by atoms with Crippen molar-refractivity contribution in [3.63, 3.8) is 0 Å². The lowest BCUT2D eigenvalue weighted by molar-refractivity contribution is -0.122. The summed E-state index contributed by atoms with van der Waals surface area (Å²) in [4.78, 5) is 11.2. The molecule has 6 heteroatoms. The van der Waals surface area contributed by atoms with E-state index in [-0.39, 0.29) is 19.1 Å². The number of benzene rings is 1. The number of ether oxygens (including phenoxy) is 1. The van der Waals surface area contributed by atoms with Gasteiger partial charge in [-0.05, 0) is 24.6 Å². The second-order valence-electron chi connectivity index (χ2n) is 3.88. The zero-order valence-electron chi connectivity index (χ0n) is 10.6. The average molecular weight is 261 g/mol. The highest BCUT2D eigenvalue weighted by atomic mass is 16.5. The highest BCUT2D eigenvalue weighted by molar-refractivity contribution is 5.83. The molecule has 1 aromatic rings. The molecule has 0 heterocycles. The Morgan fingerprint density at radius 3 is 2.74 bits per heavy atom. The lowest BCUT2D eigenvalue weighted by atomic mass is 10.1. The molecule has 1 rings (SSSR count). The molecule has 6 nitrogen and oxygen atoms in total. The van der Waals surface area contributed by atoms with Crippen LogP contribution in [0.3, 0.4) is 0 Å².